The molecule has 1 atom stereocenters. The van der Waals surface area contributed by atoms with Crippen LogP contribution in [0.4, 0.5) is 0 Å². The first-order valence-corrected chi connectivity index (χ1v) is 5.90. The molecule has 1 aromatic carbocycles. The van der Waals surface area contributed by atoms with Crippen LogP contribution >= 0.6 is 0 Å². The molecule has 0 aliphatic carbocycles. The Balaban J connectivity index is 1.89. The van der Waals surface area contributed by atoms with Crippen LogP contribution in [0.2, 0.25) is 0 Å². The van der Waals surface area contributed by atoms with Gasteiger partial charge in [0.1, 0.15) is 6.04 Å². The standard InChI is InChI=1S/C13H16N2O3/c1-9(13(18)15-7-11(16)8-15)14-12(17)10-5-3-2-4-6-10/h2-6,9,11,16H,7-8H2,1H3,(H,14,17). The molecule has 0 radical (unpaired) electrons. The quantitative estimate of drug-likeness (QED) is 0.791. The zero-order valence-electron chi connectivity index (χ0n) is 10.2. The second kappa shape index (κ2) is 5.18. The first-order valence-electron chi connectivity index (χ1n) is 5.90. The molecule has 2 rings (SSSR count). The maximum atomic E-state index is 11.8. The van der Waals surface area contributed by atoms with E-state index < -0.39 is 12.1 Å². The first-order chi connectivity index (χ1) is 8.58. The molecule has 0 spiro atoms. The van der Waals surface area contributed by atoms with Crippen LogP contribution in [0.5, 0.6) is 0 Å². The highest BCUT2D eigenvalue weighted by molar-refractivity contribution is 5.97. The van der Waals surface area contributed by atoms with Gasteiger partial charge in [0.2, 0.25) is 5.91 Å². The molecule has 0 bridgehead atoms. The summed E-state index contributed by atoms with van der Waals surface area (Å²) >= 11 is 0. The molecule has 96 valence electrons. The van der Waals surface area contributed by atoms with Crippen molar-refractivity contribution in [2.45, 2.75) is 19.1 Å². The number of hydrogen-bond acceptors (Lipinski definition) is 3. The maximum Gasteiger partial charge on any atom is 0.251 e. The average molecular weight is 248 g/mol. The number of β-amino-alcohol motifs (C(OH)–C–C–N with tert-alkyl or cyclic N) is 1. The van der Waals surface area contributed by atoms with E-state index >= 15 is 0 Å². The van der Waals surface area contributed by atoms with Crippen molar-refractivity contribution in [1.82, 2.24) is 10.2 Å². The number of nitrogens with zero attached hydrogens (tertiary/aromatic N) is 1. The fourth-order valence-corrected chi connectivity index (χ4v) is 1.84. The number of nitrogens with one attached hydrogen (secondary N) is 1. The van der Waals surface area contributed by atoms with Gasteiger partial charge in [-0.15, -0.1) is 0 Å². The predicted octanol–water partition coefficient (Wildman–Crippen LogP) is 0.00800. The van der Waals surface area contributed by atoms with Gasteiger partial charge in [-0.3, -0.25) is 9.59 Å². The Bertz CT molecular complexity index is 441. The molecule has 18 heavy (non-hydrogen) atoms. The molecule has 5 heteroatoms. The molecule has 5 nitrogen and oxygen atoms in total. The smallest absolute Gasteiger partial charge is 0.251 e. The van der Waals surface area contributed by atoms with E-state index in [0.29, 0.717) is 18.7 Å². The first kappa shape index (κ1) is 12.6. The van der Waals surface area contributed by atoms with Gasteiger partial charge >= 0.3 is 0 Å². The molecule has 2 amide bonds. The van der Waals surface area contributed by atoms with Gasteiger partial charge in [0.25, 0.3) is 5.91 Å². The number of carbonyl (C=O) groups is 2. The van der Waals surface area contributed by atoms with Gasteiger partial charge in [-0.2, -0.15) is 0 Å². The van der Waals surface area contributed by atoms with Crippen molar-refractivity contribution in [3.8, 4) is 0 Å². The molecule has 0 aromatic heterocycles. The second-order valence-corrected chi connectivity index (χ2v) is 4.46. The second-order valence-electron chi connectivity index (χ2n) is 4.46. The van der Waals surface area contributed by atoms with E-state index in [-0.39, 0.29) is 11.8 Å². The number of benzene rings is 1. The number of amides is 2. The highest BCUT2D eigenvalue weighted by Crippen LogP contribution is 2.09. The SMILES string of the molecule is CC(NC(=O)c1ccccc1)C(=O)N1CC(O)C1. The fraction of sp³-hybridized carbons (Fsp3) is 0.385. The molecular weight excluding hydrogens is 232 g/mol. The van der Waals surface area contributed by atoms with Crippen molar-refractivity contribution in [3.05, 3.63) is 35.9 Å². The number of rotatable bonds is 3. The molecule has 1 aromatic rings. The van der Waals surface area contributed by atoms with Gasteiger partial charge in [-0.1, -0.05) is 18.2 Å². The Morgan fingerprint density at radius 1 is 1.33 bits per heavy atom. The molecule has 1 aliphatic heterocycles. The van der Waals surface area contributed by atoms with Crippen molar-refractivity contribution >= 4 is 11.8 Å². The van der Waals surface area contributed by atoms with Crippen molar-refractivity contribution in [1.29, 1.82) is 0 Å². The van der Waals surface area contributed by atoms with Gasteiger partial charge < -0.3 is 15.3 Å². The highest BCUT2D eigenvalue weighted by atomic mass is 16.3. The molecule has 2 N–H and O–H groups in total. The molecule has 1 aliphatic rings. The topological polar surface area (TPSA) is 69.6 Å². The zero-order chi connectivity index (χ0) is 13.1. The Hall–Kier alpha value is -1.88. The van der Waals surface area contributed by atoms with Crippen LogP contribution in [0.1, 0.15) is 17.3 Å². The normalized spacial score (nSPS) is 16.9. The molecule has 1 saturated heterocycles. The largest absolute Gasteiger partial charge is 0.389 e. The third-order valence-corrected chi connectivity index (χ3v) is 2.93. The van der Waals surface area contributed by atoms with E-state index in [2.05, 4.69) is 5.32 Å². The van der Waals surface area contributed by atoms with E-state index in [0.717, 1.165) is 0 Å². The Morgan fingerprint density at radius 2 is 1.94 bits per heavy atom. The fourth-order valence-electron chi connectivity index (χ4n) is 1.84. The van der Waals surface area contributed by atoms with Gasteiger partial charge in [-0.25, -0.2) is 0 Å². The lowest BCUT2D eigenvalue weighted by Gasteiger charge is -2.37. The Kier molecular flexibility index (Phi) is 3.62. The molecular formula is C13H16N2O3. The summed E-state index contributed by atoms with van der Waals surface area (Å²) in [6.07, 6.45) is -0.425. The summed E-state index contributed by atoms with van der Waals surface area (Å²) in [4.78, 5) is 25.2. The summed E-state index contributed by atoms with van der Waals surface area (Å²) in [6, 6.07) is 8.18. The number of aliphatic hydroxyl groups is 1. The summed E-state index contributed by atoms with van der Waals surface area (Å²) in [5, 5.41) is 11.8. The maximum absolute atomic E-state index is 11.8. The number of carbonyl (C=O) groups excluding carboxylic acids is 2. The number of hydrogen-bond donors (Lipinski definition) is 2. The van der Waals surface area contributed by atoms with E-state index in [1.54, 1.807) is 31.2 Å². The lowest BCUT2D eigenvalue weighted by atomic mass is 10.1. The number of likely N-dealkylation sites (tertiary alicyclic amines) is 1. The third-order valence-electron chi connectivity index (χ3n) is 2.93. The van der Waals surface area contributed by atoms with Crippen LogP contribution in [0.25, 0.3) is 0 Å². The Labute approximate surface area is 105 Å². The van der Waals surface area contributed by atoms with Crippen LogP contribution in [-0.2, 0) is 4.79 Å². The summed E-state index contributed by atoms with van der Waals surface area (Å²) in [5.41, 5.74) is 0.529. The zero-order valence-corrected chi connectivity index (χ0v) is 10.2. The molecule has 1 heterocycles. The Morgan fingerprint density at radius 3 is 2.50 bits per heavy atom. The van der Waals surface area contributed by atoms with Crippen molar-refractivity contribution < 1.29 is 14.7 Å². The van der Waals surface area contributed by atoms with E-state index in [1.165, 1.54) is 4.90 Å². The van der Waals surface area contributed by atoms with Crippen LogP contribution < -0.4 is 5.32 Å². The van der Waals surface area contributed by atoms with E-state index in [9.17, 15) is 9.59 Å². The molecule has 1 fully saturated rings. The van der Waals surface area contributed by atoms with Crippen LogP contribution in [-0.4, -0.2) is 47.1 Å². The molecule has 1 unspecified atom stereocenters. The van der Waals surface area contributed by atoms with E-state index in [4.69, 9.17) is 5.11 Å². The predicted molar refractivity (Wildman–Crippen MR) is 66.0 cm³/mol. The van der Waals surface area contributed by atoms with Crippen molar-refractivity contribution in [2.24, 2.45) is 0 Å². The molecule has 0 saturated carbocycles. The van der Waals surface area contributed by atoms with Crippen LogP contribution in [0, 0.1) is 0 Å². The summed E-state index contributed by atoms with van der Waals surface area (Å²) in [5.74, 6) is -0.429. The van der Waals surface area contributed by atoms with Gasteiger partial charge in [0, 0.05) is 18.7 Å². The van der Waals surface area contributed by atoms with Gasteiger partial charge in [-0.05, 0) is 19.1 Å². The van der Waals surface area contributed by atoms with Crippen molar-refractivity contribution in [3.63, 3.8) is 0 Å². The van der Waals surface area contributed by atoms with Gasteiger partial charge in [0.15, 0.2) is 0 Å². The van der Waals surface area contributed by atoms with Crippen molar-refractivity contribution in [2.75, 3.05) is 13.1 Å². The summed E-state index contributed by atoms with van der Waals surface area (Å²) in [7, 11) is 0. The minimum Gasteiger partial charge on any atom is -0.389 e. The lowest BCUT2D eigenvalue weighted by Crippen LogP contribution is -2.58. The minimum absolute atomic E-state index is 0.162. The minimum atomic E-state index is -0.579. The van der Waals surface area contributed by atoms with E-state index in [1.807, 2.05) is 6.07 Å². The lowest BCUT2D eigenvalue weighted by molar-refractivity contribution is -0.142. The monoisotopic (exact) mass is 248 g/mol. The number of aliphatic hydroxyl groups excluding tert-OH is 1. The van der Waals surface area contributed by atoms with Crippen LogP contribution in [0.3, 0.4) is 0 Å². The van der Waals surface area contributed by atoms with Crippen LogP contribution in [0.15, 0.2) is 30.3 Å². The summed E-state index contributed by atoms with van der Waals surface area (Å²) in [6.45, 7) is 2.35. The van der Waals surface area contributed by atoms with Gasteiger partial charge in [0.05, 0.1) is 6.10 Å². The third kappa shape index (κ3) is 2.68. The summed E-state index contributed by atoms with van der Waals surface area (Å²) < 4.78 is 0. The average Bonchev–Trinajstić information content (AvgIpc) is 2.35. The highest BCUT2D eigenvalue weighted by Gasteiger charge is 2.32.